The van der Waals surface area contributed by atoms with Crippen molar-refractivity contribution >= 4 is 33.3 Å². The number of aryl methyl sites for hydroxylation is 3. The van der Waals surface area contributed by atoms with Crippen LogP contribution in [-0.2, 0) is 25.8 Å². The Morgan fingerprint density at radius 2 is 2.00 bits per heavy atom. The van der Waals surface area contributed by atoms with Gasteiger partial charge in [0.2, 0.25) is 0 Å². The number of thiophene rings is 1. The fraction of sp³-hybridized carbons (Fsp3) is 0.455. The van der Waals surface area contributed by atoms with Crippen LogP contribution in [0, 0.1) is 0 Å². The smallest absolute Gasteiger partial charge is 0.263 e. The third kappa shape index (κ3) is 4.08. The molecule has 0 spiro atoms. The second-order valence-corrected chi connectivity index (χ2v) is 9.40. The molecule has 8 heteroatoms. The molecule has 1 aromatic carbocycles. The molecule has 3 aromatic rings. The Bertz CT molecular complexity index is 1110. The minimum atomic E-state index is 0.0420. The number of methoxy groups -OCH3 is 2. The Hall–Kier alpha value is -2.03. The fourth-order valence-corrected chi connectivity index (χ4v) is 6.01. The summed E-state index contributed by atoms with van der Waals surface area (Å²) in [6.07, 6.45) is 4.99. The Kier molecular flexibility index (Phi) is 6.65. The average molecular weight is 447 g/mol. The molecule has 1 N–H and O–H groups in total. The van der Waals surface area contributed by atoms with Crippen LogP contribution in [0.3, 0.4) is 0 Å². The number of fused-ring (bicyclic) bond motifs is 3. The van der Waals surface area contributed by atoms with Crippen molar-refractivity contribution in [2.45, 2.75) is 43.8 Å². The van der Waals surface area contributed by atoms with E-state index in [2.05, 4.69) is 0 Å². The molecule has 0 unspecified atom stereocenters. The molecule has 2 heterocycles. The van der Waals surface area contributed by atoms with Crippen molar-refractivity contribution in [2.75, 3.05) is 26.6 Å². The lowest BCUT2D eigenvalue weighted by atomic mass is 9.97. The van der Waals surface area contributed by atoms with Crippen molar-refractivity contribution < 1.29 is 14.6 Å². The molecule has 1 aliphatic carbocycles. The average Bonchev–Trinajstić information content (AvgIpc) is 3.15. The highest BCUT2D eigenvalue weighted by atomic mass is 32.2. The van der Waals surface area contributed by atoms with Gasteiger partial charge in [0.05, 0.1) is 26.2 Å². The molecule has 30 heavy (non-hydrogen) atoms. The van der Waals surface area contributed by atoms with Gasteiger partial charge in [-0.2, -0.15) is 0 Å². The molecule has 0 aliphatic heterocycles. The summed E-state index contributed by atoms with van der Waals surface area (Å²) in [7, 11) is 3.23. The highest BCUT2D eigenvalue weighted by Gasteiger charge is 2.22. The first-order valence-corrected chi connectivity index (χ1v) is 12.0. The van der Waals surface area contributed by atoms with Crippen LogP contribution in [0.2, 0.25) is 0 Å². The van der Waals surface area contributed by atoms with Crippen LogP contribution in [0.25, 0.3) is 10.2 Å². The van der Waals surface area contributed by atoms with E-state index in [4.69, 9.17) is 14.5 Å². The summed E-state index contributed by atoms with van der Waals surface area (Å²) in [5.74, 6) is 1.88. The van der Waals surface area contributed by atoms with Crippen LogP contribution in [0.1, 0.15) is 28.8 Å². The molecule has 0 saturated heterocycles. The first-order valence-electron chi connectivity index (χ1n) is 10.2. The summed E-state index contributed by atoms with van der Waals surface area (Å²) in [5, 5.41) is 10.8. The lowest BCUT2D eigenvalue weighted by Crippen LogP contribution is -2.25. The van der Waals surface area contributed by atoms with Gasteiger partial charge in [-0.15, -0.1) is 11.3 Å². The van der Waals surface area contributed by atoms with Crippen molar-refractivity contribution in [2.24, 2.45) is 0 Å². The molecule has 0 saturated carbocycles. The molecule has 0 fully saturated rings. The second-order valence-electron chi connectivity index (χ2n) is 7.25. The Balaban J connectivity index is 1.71. The highest BCUT2D eigenvalue weighted by molar-refractivity contribution is 7.99. The van der Waals surface area contributed by atoms with Gasteiger partial charge >= 0.3 is 0 Å². The summed E-state index contributed by atoms with van der Waals surface area (Å²) < 4.78 is 12.5. The largest absolute Gasteiger partial charge is 0.493 e. The third-order valence-electron chi connectivity index (χ3n) is 5.43. The first kappa shape index (κ1) is 21.2. The molecule has 6 nitrogen and oxygen atoms in total. The van der Waals surface area contributed by atoms with Crippen molar-refractivity contribution in [3.63, 3.8) is 0 Å². The van der Waals surface area contributed by atoms with Gasteiger partial charge in [0.25, 0.3) is 5.56 Å². The summed E-state index contributed by atoms with van der Waals surface area (Å²) in [4.78, 5) is 20.5. The van der Waals surface area contributed by atoms with E-state index in [0.717, 1.165) is 35.0 Å². The van der Waals surface area contributed by atoms with Gasteiger partial charge in [0.1, 0.15) is 4.83 Å². The highest BCUT2D eigenvalue weighted by Crippen LogP contribution is 2.35. The minimum Gasteiger partial charge on any atom is -0.493 e. The fourth-order valence-electron chi connectivity index (χ4n) is 3.94. The number of aliphatic hydroxyl groups excluding tert-OH is 1. The van der Waals surface area contributed by atoms with Crippen LogP contribution in [0.15, 0.2) is 28.2 Å². The SMILES string of the molecule is COc1ccc(CCn2c(SCCO)nc3sc4c(c3c2=O)CCCC4)cc1OC. The van der Waals surface area contributed by atoms with Gasteiger partial charge in [-0.1, -0.05) is 17.8 Å². The van der Waals surface area contributed by atoms with Crippen LogP contribution in [0.5, 0.6) is 11.5 Å². The maximum Gasteiger partial charge on any atom is 0.263 e. The summed E-state index contributed by atoms with van der Waals surface area (Å²) >= 11 is 3.10. The Labute approximate surface area is 183 Å². The zero-order valence-corrected chi connectivity index (χ0v) is 18.9. The molecule has 4 rings (SSSR count). The molecule has 0 amide bonds. The maximum atomic E-state index is 13.5. The van der Waals surface area contributed by atoms with Crippen LogP contribution in [0.4, 0.5) is 0 Å². The van der Waals surface area contributed by atoms with E-state index in [0.29, 0.717) is 35.4 Å². The van der Waals surface area contributed by atoms with E-state index in [-0.39, 0.29) is 12.2 Å². The van der Waals surface area contributed by atoms with Crippen LogP contribution >= 0.6 is 23.1 Å². The van der Waals surface area contributed by atoms with Gasteiger partial charge in [-0.3, -0.25) is 9.36 Å². The monoisotopic (exact) mass is 446 g/mol. The van der Waals surface area contributed by atoms with Crippen LogP contribution in [-0.4, -0.2) is 41.2 Å². The molecule has 160 valence electrons. The van der Waals surface area contributed by atoms with Gasteiger partial charge in [0, 0.05) is 17.2 Å². The molecule has 0 bridgehead atoms. The zero-order valence-electron chi connectivity index (χ0n) is 17.3. The van der Waals surface area contributed by atoms with E-state index in [1.54, 1.807) is 30.1 Å². The molecular weight excluding hydrogens is 420 g/mol. The number of nitrogens with zero attached hydrogens (tertiary/aromatic N) is 2. The van der Waals surface area contributed by atoms with Crippen molar-refractivity contribution in [3.05, 3.63) is 44.6 Å². The minimum absolute atomic E-state index is 0.0420. The van der Waals surface area contributed by atoms with Crippen LogP contribution < -0.4 is 15.0 Å². The Morgan fingerprint density at radius 3 is 2.77 bits per heavy atom. The van der Waals surface area contributed by atoms with E-state index in [1.165, 1.54) is 28.6 Å². The number of hydrogen-bond acceptors (Lipinski definition) is 7. The predicted molar refractivity (Wildman–Crippen MR) is 122 cm³/mol. The molecule has 0 radical (unpaired) electrons. The van der Waals surface area contributed by atoms with Crippen molar-refractivity contribution in [1.29, 1.82) is 0 Å². The number of aromatic nitrogens is 2. The van der Waals surface area contributed by atoms with E-state index in [1.807, 2.05) is 18.2 Å². The maximum absolute atomic E-state index is 13.5. The van der Waals surface area contributed by atoms with Crippen molar-refractivity contribution in [3.8, 4) is 11.5 Å². The number of aliphatic hydroxyl groups is 1. The second kappa shape index (κ2) is 9.41. The topological polar surface area (TPSA) is 73.6 Å². The van der Waals surface area contributed by atoms with Gasteiger partial charge in [0.15, 0.2) is 16.7 Å². The summed E-state index contributed by atoms with van der Waals surface area (Å²) in [6.45, 7) is 0.574. The quantitative estimate of drug-likeness (QED) is 0.420. The number of thioether (sulfide) groups is 1. The van der Waals surface area contributed by atoms with E-state index >= 15 is 0 Å². The van der Waals surface area contributed by atoms with Crippen molar-refractivity contribution in [1.82, 2.24) is 9.55 Å². The zero-order chi connectivity index (χ0) is 21.1. The molecule has 1 aliphatic rings. The number of hydrogen-bond donors (Lipinski definition) is 1. The first-order chi connectivity index (χ1) is 14.7. The summed E-state index contributed by atoms with van der Waals surface area (Å²) in [6, 6.07) is 5.82. The third-order valence-corrected chi connectivity index (χ3v) is 7.58. The number of ether oxygens (including phenoxy) is 2. The van der Waals surface area contributed by atoms with Gasteiger partial charge in [-0.05, 0) is 55.4 Å². The normalized spacial score (nSPS) is 13.4. The van der Waals surface area contributed by atoms with Gasteiger partial charge < -0.3 is 14.6 Å². The van der Waals surface area contributed by atoms with E-state index < -0.39 is 0 Å². The Morgan fingerprint density at radius 1 is 1.20 bits per heavy atom. The number of benzene rings is 1. The lowest BCUT2D eigenvalue weighted by Gasteiger charge is -2.14. The molecule has 2 aromatic heterocycles. The van der Waals surface area contributed by atoms with E-state index in [9.17, 15) is 9.90 Å². The lowest BCUT2D eigenvalue weighted by molar-refractivity contribution is 0.322. The molecule has 0 atom stereocenters. The predicted octanol–water partition coefficient (Wildman–Crippen LogP) is 3.68. The summed E-state index contributed by atoms with van der Waals surface area (Å²) in [5.41, 5.74) is 2.31. The molecular formula is C22H26N2O4S2. The van der Waals surface area contributed by atoms with Gasteiger partial charge in [-0.25, -0.2) is 4.98 Å². The number of rotatable bonds is 8. The standard InChI is InChI=1S/C22H26N2O4S2/c1-27-16-8-7-14(13-17(16)28-2)9-10-24-21(26)19-15-5-3-4-6-18(15)30-20(19)23-22(24)29-12-11-25/h7-8,13,25H,3-6,9-12H2,1-2H3.